The van der Waals surface area contributed by atoms with Gasteiger partial charge in [-0.25, -0.2) is 0 Å². The minimum absolute atomic E-state index is 0.187. The summed E-state index contributed by atoms with van der Waals surface area (Å²) in [6, 6.07) is 0. The molecule has 1 rings (SSSR count). The zero-order valence-corrected chi connectivity index (χ0v) is 11.6. The summed E-state index contributed by atoms with van der Waals surface area (Å²) in [5.41, 5.74) is 9.18. The van der Waals surface area contributed by atoms with Crippen LogP contribution >= 0.6 is 0 Å². The predicted molar refractivity (Wildman–Crippen MR) is 71.4 cm³/mol. The Morgan fingerprint density at radius 2 is 2.00 bits per heavy atom. The third-order valence-corrected chi connectivity index (χ3v) is 3.22. The molecule has 0 aliphatic rings. The van der Waals surface area contributed by atoms with Crippen molar-refractivity contribution in [1.29, 1.82) is 0 Å². The Balaban J connectivity index is 3.00. The number of hydrogen-bond donors (Lipinski definition) is 1. The molecule has 0 atom stereocenters. The Labute approximate surface area is 104 Å². The van der Waals surface area contributed by atoms with Gasteiger partial charge in [-0.1, -0.05) is 13.8 Å². The van der Waals surface area contributed by atoms with Crippen molar-refractivity contribution in [3.63, 3.8) is 0 Å². The average molecular weight is 236 g/mol. The first-order valence-electron chi connectivity index (χ1n) is 6.10. The number of ether oxygens (including phenoxy) is 1. The molecule has 0 aromatic carbocycles. The van der Waals surface area contributed by atoms with Crippen LogP contribution in [-0.4, -0.2) is 18.6 Å². The third-order valence-electron chi connectivity index (χ3n) is 3.22. The normalized spacial score (nSPS) is 11.6. The monoisotopic (exact) mass is 236 g/mol. The summed E-state index contributed by atoms with van der Waals surface area (Å²) in [6.07, 6.45) is 3.83. The molecule has 0 spiro atoms. The average Bonchev–Trinajstić information content (AvgIpc) is 2.23. The number of pyridine rings is 1. The van der Waals surface area contributed by atoms with Crippen molar-refractivity contribution in [2.75, 3.05) is 13.7 Å². The maximum atomic E-state index is 5.64. The lowest BCUT2D eigenvalue weighted by atomic mass is 9.83. The number of nitrogens with two attached hydrogens (primary N) is 1. The summed E-state index contributed by atoms with van der Waals surface area (Å²) >= 11 is 0. The fourth-order valence-electron chi connectivity index (χ4n) is 2.18. The molecule has 0 radical (unpaired) electrons. The van der Waals surface area contributed by atoms with Gasteiger partial charge in [0.05, 0.1) is 7.11 Å². The van der Waals surface area contributed by atoms with Crippen LogP contribution in [0.2, 0.25) is 0 Å². The molecular formula is C14H24N2O. The van der Waals surface area contributed by atoms with Gasteiger partial charge >= 0.3 is 0 Å². The Bertz CT molecular complexity index is 386. The van der Waals surface area contributed by atoms with Crippen molar-refractivity contribution in [2.24, 2.45) is 11.1 Å². The first kappa shape index (κ1) is 14.0. The van der Waals surface area contributed by atoms with Crippen molar-refractivity contribution in [2.45, 2.75) is 40.5 Å². The SMILES string of the molecule is COc1c(C)cnc(CC(C)(C)CCN)c1C. The topological polar surface area (TPSA) is 48.1 Å². The van der Waals surface area contributed by atoms with Crippen LogP contribution in [0.4, 0.5) is 0 Å². The van der Waals surface area contributed by atoms with Crippen LogP contribution in [0.25, 0.3) is 0 Å². The molecule has 1 heterocycles. The third kappa shape index (κ3) is 3.43. The summed E-state index contributed by atoms with van der Waals surface area (Å²) in [5, 5.41) is 0. The van der Waals surface area contributed by atoms with Crippen LogP contribution in [0.1, 0.15) is 37.1 Å². The van der Waals surface area contributed by atoms with Crippen molar-refractivity contribution in [3.05, 3.63) is 23.0 Å². The van der Waals surface area contributed by atoms with Gasteiger partial charge in [0.25, 0.3) is 0 Å². The Morgan fingerprint density at radius 1 is 1.35 bits per heavy atom. The van der Waals surface area contributed by atoms with E-state index in [-0.39, 0.29) is 5.41 Å². The van der Waals surface area contributed by atoms with E-state index in [0.717, 1.165) is 42.0 Å². The molecule has 17 heavy (non-hydrogen) atoms. The molecule has 0 amide bonds. The molecule has 1 aromatic rings. The molecule has 0 bridgehead atoms. The van der Waals surface area contributed by atoms with E-state index in [4.69, 9.17) is 10.5 Å². The summed E-state index contributed by atoms with van der Waals surface area (Å²) in [6.45, 7) is 9.27. The largest absolute Gasteiger partial charge is 0.496 e. The molecule has 3 nitrogen and oxygen atoms in total. The lowest BCUT2D eigenvalue weighted by Crippen LogP contribution is -2.21. The van der Waals surface area contributed by atoms with Crippen LogP contribution in [-0.2, 0) is 6.42 Å². The number of nitrogens with zero attached hydrogens (tertiary/aromatic N) is 1. The second-order valence-corrected chi connectivity index (χ2v) is 5.43. The van der Waals surface area contributed by atoms with E-state index < -0.39 is 0 Å². The number of aryl methyl sites for hydroxylation is 1. The fraction of sp³-hybridized carbons (Fsp3) is 0.643. The minimum Gasteiger partial charge on any atom is -0.496 e. The summed E-state index contributed by atoms with van der Waals surface area (Å²) in [4.78, 5) is 4.53. The van der Waals surface area contributed by atoms with Crippen molar-refractivity contribution >= 4 is 0 Å². The van der Waals surface area contributed by atoms with Gasteiger partial charge in [0.2, 0.25) is 0 Å². The highest BCUT2D eigenvalue weighted by Crippen LogP contribution is 2.30. The smallest absolute Gasteiger partial charge is 0.128 e. The van der Waals surface area contributed by atoms with Crippen molar-refractivity contribution in [3.8, 4) is 5.75 Å². The van der Waals surface area contributed by atoms with Crippen LogP contribution in [0.15, 0.2) is 6.20 Å². The maximum Gasteiger partial charge on any atom is 0.128 e. The maximum absolute atomic E-state index is 5.64. The highest BCUT2D eigenvalue weighted by molar-refractivity contribution is 5.41. The molecule has 0 saturated heterocycles. The van der Waals surface area contributed by atoms with Crippen LogP contribution in [0.3, 0.4) is 0 Å². The van der Waals surface area contributed by atoms with E-state index in [2.05, 4.69) is 25.8 Å². The Morgan fingerprint density at radius 3 is 2.53 bits per heavy atom. The van der Waals surface area contributed by atoms with Crippen molar-refractivity contribution < 1.29 is 4.74 Å². The number of rotatable bonds is 5. The van der Waals surface area contributed by atoms with Gasteiger partial charge in [-0.2, -0.15) is 0 Å². The summed E-state index contributed by atoms with van der Waals surface area (Å²) in [5.74, 6) is 0.957. The molecular weight excluding hydrogens is 212 g/mol. The highest BCUT2D eigenvalue weighted by Gasteiger charge is 2.21. The summed E-state index contributed by atoms with van der Waals surface area (Å²) in [7, 11) is 1.71. The second kappa shape index (κ2) is 5.50. The fourth-order valence-corrected chi connectivity index (χ4v) is 2.18. The standard InChI is InChI=1S/C14H24N2O/c1-10-9-16-12(11(2)13(10)17-5)8-14(3,4)6-7-15/h9H,6-8,15H2,1-5H3. The number of aromatic nitrogens is 1. The van der Waals surface area contributed by atoms with Gasteiger partial charge in [0.1, 0.15) is 5.75 Å². The molecule has 96 valence electrons. The Kier molecular flexibility index (Phi) is 4.52. The summed E-state index contributed by atoms with van der Waals surface area (Å²) < 4.78 is 5.43. The highest BCUT2D eigenvalue weighted by atomic mass is 16.5. The molecule has 3 heteroatoms. The van der Waals surface area contributed by atoms with Gasteiger partial charge in [-0.05, 0) is 38.6 Å². The second-order valence-electron chi connectivity index (χ2n) is 5.43. The van der Waals surface area contributed by atoms with E-state index >= 15 is 0 Å². The molecule has 0 saturated carbocycles. The molecule has 0 aliphatic heterocycles. The lowest BCUT2D eigenvalue weighted by molar-refractivity contribution is 0.333. The lowest BCUT2D eigenvalue weighted by Gasteiger charge is -2.24. The van der Waals surface area contributed by atoms with E-state index in [1.165, 1.54) is 0 Å². The molecule has 1 aromatic heterocycles. The van der Waals surface area contributed by atoms with Crippen LogP contribution in [0.5, 0.6) is 5.75 Å². The number of hydrogen-bond acceptors (Lipinski definition) is 3. The molecule has 0 unspecified atom stereocenters. The molecule has 2 N–H and O–H groups in total. The van der Waals surface area contributed by atoms with E-state index in [9.17, 15) is 0 Å². The zero-order chi connectivity index (χ0) is 13.1. The van der Waals surface area contributed by atoms with Gasteiger partial charge in [0.15, 0.2) is 0 Å². The quantitative estimate of drug-likeness (QED) is 0.855. The first-order valence-corrected chi connectivity index (χ1v) is 6.10. The predicted octanol–water partition coefficient (Wildman–Crippen LogP) is 2.62. The minimum atomic E-state index is 0.187. The first-order chi connectivity index (χ1) is 7.91. The van der Waals surface area contributed by atoms with Gasteiger partial charge < -0.3 is 10.5 Å². The van der Waals surface area contributed by atoms with Crippen LogP contribution < -0.4 is 10.5 Å². The van der Waals surface area contributed by atoms with Gasteiger partial charge in [-0.3, -0.25) is 4.98 Å². The molecule has 0 aliphatic carbocycles. The van der Waals surface area contributed by atoms with Gasteiger partial charge in [-0.15, -0.1) is 0 Å². The van der Waals surface area contributed by atoms with Crippen LogP contribution in [0, 0.1) is 19.3 Å². The van der Waals surface area contributed by atoms with Gasteiger partial charge in [0, 0.05) is 23.0 Å². The Hall–Kier alpha value is -1.09. The van der Waals surface area contributed by atoms with Crippen molar-refractivity contribution in [1.82, 2.24) is 4.98 Å². The molecule has 0 fully saturated rings. The zero-order valence-electron chi connectivity index (χ0n) is 11.6. The number of methoxy groups -OCH3 is 1. The van der Waals surface area contributed by atoms with E-state index in [1.807, 2.05) is 13.1 Å². The van der Waals surface area contributed by atoms with E-state index in [1.54, 1.807) is 7.11 Å². The van der Waals surface area contributed by atoms with E-state index in [0.29, 0.717) is 0 Å².